The SMILES string of the molecule is CCCN1CCC(NC(=O)Cc2csc(NC(=O)c3cccs3)n2)CC1. The van der Waals surface area contributed by atoms with Crippen molar-refractivity contribution in [1.29, 1.82) is 0 Å². The van der Waals surface area contributed by atoms with Crippen molar-refractivity contribution in [3.8, 4) is 0 Å². The molecule has 26 heavy (non-hydrogen) atoms. The van der Waals surface area contributed by atoms with Crippen LogP contribution in [-0.4, -0.2) is 47.4 Å². The predicted molar refractivity (Wildman–Crippen MR) is 106 cm³/mol. The van der Waals surface area contributed by atoms with Gasteiger partial charge < -0.3 is 10.2 Å². The average Bonchev–Trinajstić information content (AvgIpc) is 3.29. The molecule has 0 aromatic carbocycles. The van der Waals surface area contributed by atoms with E-state index in [0.717, 1.165) is 32.5 Å². The van der Waals surface area contributed by atoms with Crippen LogP contribution >= 0.6 is 22.7 Å². The van der Waals surface area contributed by atoms with Crippen LogP contribution in [0.5, 0.6) is 0 Å². The van der Waals surface area contributed by atoms with Crippen LogP contribution in [0.3, 0.4) is 0 Å². The number of carbonyl (C=O) groups is 2. The molecule has 6 nitrogen and oxygen atoms in total. The number of thiophene rings is 1. The Balaban J connectivity index is 1.44. The van der Waals surface area contributed by atoms with Gasteiger partial charge in [0.15, 0.2) is 5.13 Å². The summed E-state index contributed by atoms with van der Waals surface area (Å²) in [6.45, 7) is 5.43. The number of anilines is 1. The molecule has 0 radical (unpaired) electrons. The molecule has 8 heteroatoms. The Hall–Kier alpha value is -1.77. The molecule has 0 bridgehead atoms. The fourth-order valence-electron chi connectivity index (χ4n) is 3.07. The normalized spacial score (nSPS) is 15.7. The fraction of sp³-hybridized carbons (Fsp3) is 0.500. The third-order valence-electron chi connectivity index (χ3n) is 4.35. The van der Waals surface area contributed by atoms with Crippen LogP contribution in [0, 0.1) is 0 Å². The molecule has 0 unspecified atom stereocenters. The van der Waals surface area contributed by atoms with E-state index in [1.54, 1.807) is 6.07 Å². The maximum Gasteiger partial charge on any atom is 0.267 e. The number of nitrogens with zero attached hydrogens (tertiary/aromatic N) is 2. The third-order valence-corrected chi connectivity index (χ3v) is 6.03. The highest BCUT2D eigenvalue weighted by Crippen LogP contribution is 2.18. The van der Waals surface area contributed by atoms with Gasteiger partial charge in [0.05, 0.1) is 17.0 Å². The molecular weight excluding hydrogens is 368 g/mol. The first kappa shape index (κ1) is 19.0. The van der Waals surface area contributed by atoms with Crippen molar-refractivity contribution in [3.05, 3.63) is 33.5 Å². The van der Waals surface area contributed by atoms with Crippen molar-refractivity contribution in [2.24, 2.45) is 0 Å². The lowest BCUT2D eigenvalue weighted by atomic mass is 10.0. The highest BCUT2D eigenvalue weighted by Gasteiger charge is 2.20. The van der Waals surface area contributed by atoms with E-state index < -0.39 is 0 Å². The summed E-state index contributed by atoms with van der Waals surface area (Å²) in [4.78, 5) is 31.7. The Labute approximate surface area is 161 Å². The monoisotopic (exact) mass is 392 g/mol. The van der Waals surface area contributed by atoms with Crippen LogP contribution in [0.4, 0.5) is 5.13 Å². The minimum absolute atomic E-state index is 0.000347. The summed E-state index contributed by atoms with van der Waals surface area (Å²) in [5, 5.41) is 10.1. The summed E-state index contributed by atoms with van der Waals surface area (Å²) < 4.78 is 0. The van der Waals surface area contributed by atoms with E-state index in [0.29, 0.717) is 15.7 Å². The number of likely N-dealkylation sites (tertiary alicyclic amines) is 1. The van der Waals surface area contributed by atoms with Crippen LogP contribution < -0.4 is 10.6 Å². The number of thiazole rings is 1. The van der Waals surface area contributed by atoms with Crippen LogP contribution in [0.25, 0.3) is 0 Å². The first-order valence-corrected chi connectivity index (χ1v) is 10.7. The molecule has 0 spiro atoms. The van der Waals surface area contributed by atoms with Crippen molar-refractivity contribution < 1.29 is 9.59 Å². The van der Waals surface area contributed by atoms with E-state index in [9.17, 15) is 9.59 Å². The zero-order valence-corrected chi connectivity index (χ0v) is 16.5. The largest absolute Gasteiger partial charge is 0.353 e. The highest BCUT2D eigenvalue weighted by atomic mass is 32.1. The van der Waals surface area contributed by atoms with Gasteiger partial charge in [-0.1, -0.05) is 13.0 Å². The van der Waals surface area contributed by atoms with Gasteiger partial charge in [-0.25, -0.2) is 4.98 Å². The summed E-state index contributed by atoms with van der Waals surface area (Å²) in [5.41, 5.74) is 0.692. The Kier molecular flexibility index (Phi) is 6.76. The Morgan fingerprint density at radius 2 is 2.12 bits per heavy atom. The average molecular weight is 393 g/mol. The maximum atomic E-state index is 12.3. The molecular formula is C18H24N4O2S2. The number of rotatable bonds is 7. The molecule has 2 N–H and O–H groups in total. The van der Waals surface area contributed by atoms with Gasteiger partial charge in [-0.05, 0) is 37.3 Å². The molecule has 1 fully saturated rings. The molecule has 2 amide bonds. The zero-order valence-electron chi connectivity index (χ0n) is 14.9. The summed E-state index contributed by atoms with van der Waals surface area (Å²) in [6, 6.07) is 3.87. The van der Waals surface area contributed by atoms with Gasteiger partial charge in [-0.3, -0.25) is 14.9 Å². The number of carbonyl (C=O) groups excluding carboxylic acids is 2. The second-order valence-corrected chi connectivity index (χ2v) is 8.24. The molecule has 3 heterocycles. The van der Waals surface area contributed by atoms with Gasteiger partial charge >= 0.3 is 0 Å². The van der Waals surface area contributed by atoms with Gasteiger partial charge in [0.1, 0.15) is 0 Å². The topological polar surface area (TPSA) is 74.3 Å². The third kappa shape index (κ3) is 5.36. The lowest BCUT2D eigenvalue weighted by Crippen LogP contribution is -2.45. The number of amides is 2. The number of piperidine rings is 1. The molecule has 1 saturated heterocycles. The Bertz CT molecular complexity index is 721. The van der Waals surface area contributed by atoms with Gasteiger partial charge in [0, 0.05) is 24.5 Å². The first-order valence-electron chi connectivity index (χ1n) is 8.95. The number of aromatic nitrogens is 1. The van der Waals surface area contributed by atoms with E-state index in [1.807, 2.05) is 16.8 Å². The second kappa shape index (κ2) is 9.25. The molecule has 0 aliphatic carbocycles. The smallest absolute Gasteiger partial charge is 0.267 e. The van der Waals surface area contributed by atoms with Gasteiger partial charge in [-0.15, -0.1) is 22.7 Å². The quantitative estimate of drug-likeness (QED) is 0.760. The lowest BCUT2D eigenvalue weighted by Gasteiger charge is -2.32. The molecule has 3 rings (SSSR count). The van der Waals surface area contributed by atoms with Crippen LogP contribution in [0.15, 0.2) is 22.9 Å². The minimum Gasteiger partial charge on any atom is -0.353 e. The Morgan fingerprint density at radius 3 is 2.81 bits per heavy atom. The molecule has 1 aliphatic heterocycles. The van der Waals surface area contributed by atoms with Crippen molar-refractivity contribution in [2.45, 2.75) is 38.6 Å². The Morgan fingerprint density at radius 1 is 1.31 bits per heavy atom. The van der Waals surface area contributed by atoms with Crippen LogP contribution in [0.2, 0.25) is 0 Å². The van der Waals surface area contributed by atoms with Crippen LogP contribution in [0.1, 0.15) is 41.6 Å². The first-order chi connectivity index (χ1) is 12.6. The van der Waals surface area contributed by atoms with Gasteiger partial charge in [0.2, 0.25) is 5.91 Å². The summed E-state index contributed by atoms with van der Waals surface area (Å²) in [6.07, 6.45) is 3.43. The van der Waals surface area contributed by atoms with E-state index >= 15 is 0 Å². The van der Waals surface area contributed by atoms with Crippen molar-refractivity contribution in [1.82, 2.24) is 15.2 Å². The molecule has 0 atom stereocenters. The number of nitrogens with one attached hydrogen (secondary N) is 2. The van der Waals surface area contributed by atoms with Crippen molar-refractivity contribution >= 4 is 39.6 Å². The second-order valence-electron chi connectivity index (χ2n) is 6.44. The lowest BCUT2D eigenvalue weighted by molar-refractivity contribution is -0.121. The summed E-state index contributed by atoms with van der Waals surface area (Å²) in [7, 11) is 0. The predicted octanol–water partition coefficient (Wildman–Crippen LogP) is 2.99. The molecule has 2 aromatic heterocycles. The van der Waals surface area contributed by atoms with Gasteiger partial charge in [0.25, 0.3) is 5.91 Å². The molecule has 140 valence electrons. The minimum atomic E-state index is -0.163. The molecule has 2 aromatic rings. The fourth-order valence-corrected chi connectivity index (χ4v) is 4.40. The number of hydrogen-bond donors (Lipinski definition) is 2. The van der Waals surface area contributed by atoms with E-state index in [2.05, 4.69) is 27.4 Å². The summed E-state index contributed by atoms with van der Waals surface area (Å²) >= 11 is 2.73. The van der Waals surface area contributed by atoms with Gasteiger partial charge in [-0.2, -0.15) is 0 Å². The summed E-state index contributed by atoms with van der Waals surface area (Å²) in [5.74, 6) is -0.162. The molecule has 1 aliphatic rings. The highest BCUT2D eigenvalue weighted by molar-refractivity contribution is 7.14. The van der Waals surface area contributed by atoms with Crippen molar-refractivity contribution in [2.75, 3.05) is 25.0 Å². The zero-order chi connectivity index (χ0) is 18.4. The van der Waals surface area contributed by atoms with Crippen LogP contribution in [-0.2, 0) is 11.2 Å². The number of hydrogen-bond acceptors (Lipinski definition) is 6. The molecule has 0 saturated carbocycles. The standard InChI is InChI=1S/C18H24N4O2S2/c1-2-7-22-8-5-13(6-9-22)19-16(23)11-14-12-26-18(20-14)21-17(24)15-4-3-10-25-15/h3-4,10,12-13H,2,5-9,11H2,1H3,(H,19,23)(H,20,21,24). The van der Waals surface area contributed by atoms with Crippen molar-refractivity contribution in [3.63, 3.8) is 0 Å². The van der Waals surface area contributed by atoms with E-state index in [4.69, 9.17) is 0 Å². The van der Waals surface area contributed by atoms with E-state index in [-0.39, 0.29) is 24.3 Å². The maximum absolute atomic E-state index is 12.3. The van der Waals surface area contributed by atoms with E-state index in [1.165, 1.54) is 29.1 Å².